The molecule has 8 heteroatoms. The second-order valence-corrected chi connectivity index (χ2v) is 9.09. The second-order valence-electron chi connectivity index (χ2n) is 9.09. The number of H-pyrrole nitrogens is 2. The summed E-state index contributed by atoms with van der Waals surface area (Å²) < 4.78 is 29.0. The second kappa shape index (κ2) is 8.66. The number of benzene rings is 2. The molecule has 0 saturated heterocycles. The molecule has 0 bridgehead atoms. The molecule has 0 amide bonds. The molecule has 6 rings (SSSR count). The quantitative estimate of drug-likeness (QED) is 0.309. The van der Waals surface area contributed by atoms with Crippen LogP contribution in [-0.4, -0.2) is 44.1 Å². The Morgan fingerprint density at radius 3 is 2.61 bits per heavy atom. The van der Waals surface area contributed by atoms with Crippen LogP contribution in [0.3, 0.4) is 0 Å². The number of aromatic nitrogens is 5. The first-order valence-electron chi connectivity index (χ1n) is 11.5. The third kappa shape index (κ3) is 3.91. The van der Waals surface area contributed by atoms with Crippen LogP contribution in [0, 0.1) is 11.6 Å². The molecular weight excluding hydrogens is 458 g/mol. The maximum atomic E-state index is 15.1. The smallest absolute Gasteiger partial charge is 0.151 e. The minimum atomic E-state index is -0.419. The van der Waals surface area contributed by atoms with Crippen molar-refractivity contribution in [3.63, 3.8) is 0 Å². The van der Waals surface area contributed by atoms with Gasteiger partial charge in [0.05, 0.1) is 11.4 Å². The van der Waals surface area contributed by atoms with Crippen LogP contribution in [0.5, 0.6) is 0 Å². The summed E-state index contributed by atoms with van der Waals surface area (Å²) in [6, 6.07) is 15.6. The number of nitrogens with zero attached hydrogens (tertiary/aromatic N) is 4. The molecule has 0 aliphatic carbocycles. The zero-order valence-electron chi connectivity index (χ0n) is 19.7. The number of fused-ring (bicyclic) bond motifs is 2. The van der Waals surface area contributed by atoms with Gasteiger partial charge in [0.25, 0.3) is 0 Å². The lowest BCUT2D eigenvalue weighted by molar-refractivity contribution is 0.402. The highest BCUT2D eigenvalue weighted by molar-refractivity contribution is 6.00. The number of pyridine rings is 2. The average molecular weight is 481 g/mol. The van der Waals surface area contributed by atoms with Gasteiger partial charge in [-0.25, -0.2) is 13.8 Å². The molecule has 0 unspecified atom stereocenters. The Morgan fingerprint density at radius 2 is 1.78 bits per heavy atom. The lowest BCUT2D eigenvalue weighted by Gasteiger charge is -2.10. The van der Waals surface area contributed by atoms with Crippen LogP contribution in [0.2, 0.25) is 0 Å². The van der Waals surface area contributed by atoms with Gasteiger partial charge in [-0.15, -0.1) is 0 Å². The number of nitrogens with one attached hydrogen (secondary N) is 2. The van der Waals surface area contributed by atoms with Gasteiger partial charge in [0, 0.05) is 41.5 Å². The van der Waals surface area contributed by atoms with Gasteiger partial charge in [-0.05, 0) is 78.8 Å². The minimum absolute atomic E-state index is 0.253. The zero-order valence-corrected chi connectivity index (χ0v) is 19.7. The Labute approximate surface area is 205 Å². The van der Waals surface area contributed by atoms with Gasteiger partial charge in [0.2, 0.25) is 0 Å². The van der Waals surface area contributed by atoms with Gasteiger partial charge >= 0.3 is 0 Å². The van der Waals surface area contributed by atoms with Crippen molar-refractivity contribution in [2.75, 3.05) is 14.1 Å². The third-order valence-electron chi connectivity index (χ3n) is 6.18. The molecule has 4 heterocycles. The standard InChI is InChI=1S/C28H22F2N6/c1-36(2)15-16-8-19(14-31-13-16)18-10-23-26(24(30)11-18)34-35-27(23)25-12-22-21(6-7-32-28(22)33-25)17-4-3-5-20(29)9-17/h3-14H,15H2,1-2H3,(H,32,33)(H,34,35). The molecule has 178 valence electrons. The predicted molar refractivity (Wildman–Crippen MR) is 137 cm³/mol. The SMILES string of the molecule is CN(C)Cc1cncc(-c2cc(F)c3n[nH]c(-c4cc5c(-c6cccc(F)c6)ccnc5[nH]4)c3c2)c1. The fourth-order valence-electron chi connectivity index (χ4n) is 4.61. The maximum Gasteiger partial charge on any atom is 0.151 e. The fraction of sp³-hybridized carbons (Fsp3) is 0.107. The first-order valence-corrected chi connectivity index (χ1v) is 11.5. The van der Waals surface area contributed by atoms with E-state index in [-0.39, 0.29) is 11.3 Å². The molecule has 0 saturated carbocycles. The largest absolute Gasteiger partial charge is 0.338 e. The Bertz CT molecular complexity index is 1730. The molecule has 2 aromatic carbocycles. The van der Waals surface area contributed by atoms with Gasteiger partial charge in [0.15, 0.2) is 5.82 Å². The highest BCUT2D eigenvalue weighted by Crippen LogP contribution is 2.35. The molecule has 0 atom stereocenters. The highest BCUT2D eigenvalue weighted by Gasteiger charge is 2.17. The Balaban J connectivity index is 1.48. The van der Waals surface area contributed by atoms with E-state index in [0.717, 1.165) is 34.2 Å². The van der Waals surface area contributed by atoms with Crippen molar-refractivity contribution in [2.45, 2.75) is 6.54 Å². The summed E-state index contributed by atoms with van der Waals surface area (Å²) >= 11 is 0. The Kier molecular flexibility index (Phi) is 5.30. The summed E-state index contributed by atoms with van der Waals surface area (Å²) in [5.74, 6) is -0.724. The molecule has 4 aromatic heterocycles. The number of aromatic amines is 2. The molecule has 2 N–H and O–H groups in total. The van der Waals surface area contributed by atoms with Crippen molar-refractivity contribution in [1.82, 2.24) is 30.0 Å². The van der Waals surface area contributed by atoms with E-state index in [0.29, 0.717) is 28.0 Å². The van der Waals surface area contributed by atoms with Crippen molar-refractivity contribution in [3.05, 3.63) is 90.4 Å². The summed E-state index contributed by atoms with van der Waals surface area (Å²) in [4.78, 5) is 14.2. The molecule has 6 aromatic rings. The Morgan fingerprint density at radius 1 is 0.889 bits per heavy atom. The topological polar surface area (TPSA) is 73.5 Å². The normalized spacial score (nSPS) is 11.7. The van der Waals surface area contributed by atoms with Crippen molar-refractivity contribution >= 4 is 21.9 Å². The van der Waals surface area contributed by atoms with Crippen LogP contribution in [0.15, 0.2) is 73.2 Å². The third-order valence-corrected chi connectivity index (χ3v) is 6.18. The van der Waals surface area contributed by atoms with Crippen molar-refractivity contribution in [3.8, 4) is 33.6 Å². The summed E-state index contributed by atoms with van der Waals surface area (Å²) in [7, 11) is 3.98. The van der Waals surface area contributed by atoms with Gasteiger partial charge in [0.1, 0.15) is 17.0 Å². The zero-order chi connectivity index (χ0) is 24.8. The molecule has 0 spiro atoms. The highest BCUT2D eigenvalue weighted by atomic mass is 19.1. The van der Waals surface area contributed by atoms with Crippen molar-refractivity contribution in [1.29, 1.82) is 0 Å². The van der Waals surface area contributed by atoms with E-state index in [9.17, 15) is 4.39 Å². The van der Waals surface area contributed by atoms with Gasteiger partial charge in [-0.2, -0.15) is 5.10 Å². The number of halogens is 2. The van der Waals surface area contributed by atoms with E-state index in [1.165, 1.54) is 18.2 Å². The predicted octanol–water partition coefficient (Wildman–Crippen LogP) is 6.18. The first kappa shape index (κ1) is 22.1. The van der Waals surface area contributed by atoms with Crippen molar-refractivity contribution in [2.24, 2.45) is 0 Å². The molecule has 0 fully saturated rings. The number of rotatable bonds is 5. The van der Waals surface area contributed by atoms with Crippen molar-refractivity contribution < 1.29 is 8.78 Å². The maximum absolute atomic E-state index is 15.1. The van der Waals surface area contributed by atoms with Crippen LogP contribution in [-0.2, 0) is 6.54 Å². The summed E-state index contributed by atoms with van der Waals surface area (Å²) in [6.07, 6.45) is 5.23. The Hall–Kier alpha value is -4.43. The van der Waals surface area contributed by atoms with Gasteiger partial charge in [-0.3, -0.25) is 10.1 Å². The van der Waals surface area contributed by atoms with Crippen LogP contribution < -0.4 is 0 Å². The van der Waals surface area contributed by atoms with E-state index in [1.54, 1.807) is 18.5 Å². The fourth-order valence-corrected chi connectivity index (χ4v) is 4.61. The van der Waals surface area contributed by atoms with Crippen LogP contribution in [0.25, 0.3) is 55.6 Å². The lowest BCUT2D eigenvalue weighted by Crippen LogP contribution is -2.10. The van der Waals surface area contributed by atoms with E-state index < -0.39 is 5.82 Å². The molecule has 6 nitrogen and oxygen atoms in total. The monoisotopic (exact) mass is 480 g/mol. The van der Waals surface area contributed by atoms with Gasteiger partial charge in [-0.1, -0.05) is 12.1 Å². The molecule has 0 radical (unpaired) electrons. The van der Waals surface area contributed by atoms with Crippen LogP contribution in [0.1, 0.15) is 5.56 Å². The first-order chi connectivity index (χ1) is 17.5. The van der Waals surface area contributed by atoms with E-state index in [4.69, 9.17) is 0 Å². The molecular formula is C28H22F2N6. The van der Waals surface area contributed by atoms with E-state index >= 15 is 4.39 Å². The summed E-state index contributed by atoms with van der Waals surface area (Å²) in [5.41, 5.74) is 6.43. The minimum Gasteiger partial charge on any atom is -0.338 e. The number of hydrogen-bond acceptors (Lipinski definition) is 4. The average Bonchev–Trinajstić information content (AvgIpc) is 3.48. The lowest BCUT2D eigenvalue weighted by atomic mass is 10.0. The molecule has 0 aliphatic rings. The van der Waals surface area contributed by atoms with Gasteiger partial charge < -0.3 is 9.88 Å². The van der Waals surface area contributed by atoms with Crippen LogP contribution >= 0.6 is 0 Å². The molecule has 36 heavy (non-hydrogen) atoms. The number of hydrogen-bond donors (Lipinski definition) is 2. The van der Waals surface area contributed by atoms with E-state index in [1.807, 2.05) is 50.6 Å². The van der Waals surface area contributed by atoms with E-state index in [2.05, 4.69) is 30.0 Å². The summed E-state index contributed by atoms with van der Waals surface area (Å²) in [6.45, 7) is 0.734. The van der Waals surface area contributed by atoms with Crippen LogP contribution in [0.4, 0.5) is 8.78 Å². The molecule has 0 aliphatic heterocycles. The summed E-state index contributed by atoms with van der Waals surface area (Å²) in [5, 5.41) is 8.69.